The number of urea groups is 1. The summed E-state index contributed by atoms with van der Waals surface area (Å²) in [7, 11) is 0. The lowest BCUT2D eigenvalue weighted by Gasteiger charge is -2.36. The zero-order valence-corrected chi connectivity index (χ0v) is 24.6. The number of halogens is 8. The third kappa shape index (κ3) is 8.51. The molecule has 0 radical (unpaired) electrons. The molecule has 232 valence electrons. The third-order valence-electron chi connectivity index (χ3n) is 6.24. The van der Waals surface area contributed by atoms with E-state index < -0.39 is 42.0 Å². The van der Waals surface area contributed by atoms with Crippen LogP contribution >= 0.6 is 22.6 Å². The normalized spacial score (nSPS) is 13.2. The summed E-state index contributed by atoms with van der Waals surface area (Å²) in [6.45, 7) is 0. The second-order valence-electron chi connectivity index (χ2n) is 9.40. The third-order valence-corrected chi connectivity index (χ3v) is 7.12. The smallest absolute Gasteiger partial charge is 0.428 e. The molecule has 1 heterocycles. The largest absolute Gasteiger partial charge is 0.573 e. The molecule has 0 bridgehead atoms. The van der Waals surface area contributed by atoms with Crippen LogP contribution in [-0.2, 0) is 16.4 Å². The van der Waals surface area contributed by atoms with Crippen molar-refractivity contribution >= 4 is 34.3 Å². The van der Waals surface area contributed by atoms with E-state index in [1.165, 1.54) is 24.3 Å². The summed E-state index contributed by atoms with van der Waals surface area (Å²) in [6.07, 6.45) is -12.2. The van der Waals surface area contributed by atoms with E-state index >= 15 is 0 Å². The first-order valence-electron chi connectivity index (χ1n) is 12.8. The first-order valence-corrected chi connectivity index (χ1v) is 14.3. The first kappa shape index (κ1) is 32.8. The summed E-state index contributed by atoms with van der Waals surface area (Å²) in [6, 6.07) is 20.7. The van der Waals surface area contributed by atoms with Crippen molar-refractivity contribution in [3.8, 4) is 11.5 Å². The number of hydrogen-bond acceptors (Lipinski definition) is 4. The number of pyridine rings is 1. The minimum absolute atomic E-state index is 0.0187. The number of nitrogens with one attached hydrogen (secondary N) is 2. The highest BCUT2D eigenvalue weighted by molar-refractivity contribution is 14.1. The first-order chi connectivity index (χ1) is 20.8. The number of carbonyl (C=O) groups is 1. The van der Waals surface area contributed by atoms with E-state index in [4.69, 9.17) is 0 Å². The summed E-state index contributed by atoms with van der Waals surface area (Å²) in [5.74, 6) is -1.09. The summed E-state index contributed by atoms with van der Waals surface area (Å²) >= 11 is 2.14. The van der Waals surface area contributed by atoms with Crippen molar-refractivity contribution in [2.24, 2.45) is 0 Å². The van der Waals surface area contributed by atoms with Crippen LogP contribution in [0.4, 0.5) is 41.2 Å². The van der Waals surface area contributed by atoms with Crippen molar-refractivity contribution < 1.29 is 45.0 Å². The quantitative estimate of drug-likeness (QED) is 0.0923. The maximum Gasteiger partial charge on any atom is 0.573 e. The summed E-state index contributed by atoms with van der Waals surface area (Å²) < 4.78 is 100. The van der Waals surface area contributed by atoms with Crippen molar-refractivity contribution in [1.82, 2.24) is 10.3 Å². The van der Waals surface area contributed by atoms with Crippen LogP contribution < -0.4 is 20.1 Å². The SMILES string of the molecule is O=C(Nc1ccc(OC(F)(F)F)cc1)N[C@@](Cc1ccccc1)(c1cccc(OC(F)(F)C(F)F)c1)c1ccc(CI)cn1. The van der Waals surface area contributed by atoms with Crippen LogP contribution in [0.15, 0.2) is 97.2 Å². The van der Waals surface area contributed by atoms with Crippen LogP contribution in [0.25, 0.3) is 0 Å². The van der Waals surface area contributed by atoms with Gasteiger partial charge in [-0.25, -0.2) is 4.79 Å². The number of rotatable bonds is 11. The average molecular weight is 733 g/mol. The molecule has 1 atom stereocenters. The van der Waals surface area contributed by atoms with Crippen LogP contribution in [0.1, 0.15) is 22.4 Å². The molecule has 0 fully saturated rings. The highest BCUT2D eigenvalue weighted by atomic mass is 127. The van der Waals surface area contributed by atoms with Gasteiger partial charge in [-0.1, -0.05) is 71.1 Å². The van der Waals surface area contributed by atoms with Gasteiger partial charge in [0.25, 0.3) is 0 Å². The lowest BCUT2D eigenvalue weighted by Crippen LogP contribution is -2.50. The number of hydrogen-bond donors (Lipinski definition) is 2. The van der Waals surface area contributed by atoms with E-state index in [9.17, 15) is 35.5 Å². The minimum Gasteiger partial charge on any atom is -0.428 e. The number of aromatic nitrogens is 1. The number of amides is 2. The number of ether oxygens (including phenoxy) is 2. The second-order valence-corrected chi connectivity index (χ2v) is 10.2. The maximum absolute atomic E-state index is 13.8. The fourth-order valence-corrected chi connectivity index (χ4v) is 4.75. The van der Waals surface area contributed by atoms with E-state index in [1.807, 2.05) is 0 Å². The van der Waals surface area contributed by atoms with Gasteiger partial charge in [0.15, 0.2) is 0 Å². The zero-order valence-electron chi connectivity index (χ0n) is 22.4. The Kier molecular flexibility index (Phi) is 10.2. The molecule has 0 saturated carbocycles. The van der Waals surface area contributed by atoms with Gasteiger partial charge in [-0.2, -0.15) is 17.6 Å². The summed E-state index contributed by atoms with van der Waals surface area (Å²) in [4.78, 5) is 18.0. The van der Waals surface area contributed by atoms with Gasteiger partial charge in [0.05, 0.1) is 5.69 Å². The second kappa shape index (κ2) is 13.7. The van der Waals surface area contributed by atoms with Crippen molar-refractivity contribution in [1.29, 1.82) is 0 Å². The van der Waals surface area contributed by atoms with Crippen LogP contribution in [0.3, 0.4) is 0 Å². The highest BCUT2D eigenvalue weighted by Crippen LogP contribution is 2.36. The van der Waals surface area contributed by atoms with E-state index in [-0.39, 0.29) is 23.4 Å². The van der Waals surface area contributed by atoms with Crippen molar-refractivity contribution in [3.63, 3.8) is 0 Å². The lowest BCUT2D eigenvalue weighted by molar-refractivity contribution is -0.274. The molecule has 44 heavy (non-hydrogen) atoms. The topological polar surface area (TPSA) is 72.5 Å². The van der Waals surface area contributed by atoms with Crippen molar-refractivity contribution in [2.45, 2.75) is 35.3 Å². The molecule has 0 aliphatic carbocycles. The van der Waals surface area contributed by atoms with Gasteiger partial charge in [-0.05, 0) is 59.2 Å². The number of carbonyl (C=O) groups excluding carboxylic acids is 1. The maximum atomic E-state index is 13.8. The van der Waals surface area contributed by atoms with Crippen molar-refractivity contribution in [2.75, 3.05) is 5.32 Å². The fraction of sp³-hybridized carbons (Fsp3) is 0.200. The molecule has 6 nitrogen and oxygen atoms in total. The van der Waals surface area contributed by atoms with Crippen LogP contribution in [0, 0.1) is 0 Å². The number of benzene rings is 3. The van der Waals surface area contributed by atoms with E-state index in [0.717, 1.165) is 29.8 Å². The lowest BCUT2D eigenvalue weighted by atomic mass is 9.80. The Balaban J connectivity index is 1.78. The predicted molar refractivity (Wildman–Crippen MR) is 156 cm³/mol. The molecular weight excluding hydrogens is 710 g/mol. The van der Waals surface area contributed by atoms with Crippen LogP contribution in [-0.4, -0.2) is 29.9 Å². The van der Waals surface area contributed by atoms with Gasteiger partial charge >= 0.3 is 24.9 Å². The molecule has 0 aliphatic rings. The van der Waals surface area contributed by atoms with E-state index in [0.29, 0.717) is 9.99 Å². The minimum atomic E-state index is -4.90. The van der Waals surface area contributed by atoms with Gasteiger partial charge in [-0.3, -0.25) is 4.98 Å². The number of anilines is 1. The standard InChI is InChI=1S/C30H23F7IN3O3/c31-26(32)29(33,34)43-24-8-4-7-21(15-24)28(16-19-5-2-1-3-6-19,25-14-9-20(17-38)18-39-25)41-27(42)40-22-10-12-23(13-11-22)44-30(35,36)37/h1-15,18,26H,16-17H2,(H2,40,41,42)/t28-/m0/s1. The molecule has 0 aliphatic heterocycles. The van der Waals surface area contributed by atoms with Crippen molar-refractivity contribution in [3.05, 3.63) is 120 Å². The van der Waals surface area contributed by atoms with Gasteiger partial charge in [0.2, 0.25) is 0 Å². The summed E-state index contributed by atoms with van der Waals surface area (Å²) in [5, 5.41) is 5.38. The fourth-order valence-electron chi connectivity index (χ4n) is 4.30. The summed E-state index contributed by atoms with van der Waals surface area (Å²) in [5.41, 5.74) is 0.494. The predicted octanol–water partition coefficient (Wildman–Crippen LogP) is 8.46. The Morgan fingerprint density at radius 1 is 0.818 bits per heavy atom. The zero-order chi connectivity index (χ0) is 32.0. The molecule has 2 amide bonds. The number of nitrogens with zero attached hydrogens (tertiary/aromatic N) is 1. The Labute approximate surface area is 260 Å². The molecule has 0 spiro atoms. The van der Waals surface area contributed by atoms with Gasteiger partial charge in [0, 0.05) is 22.7 Å². The molecule has 4 aromatic rings. The Morgan fingerprint density at radius 3 is 2.11 bits per heavy atom. The van der Waals surface area contributed by atoms with Gasteiger partial charge in [0.1, 0.15) is 17.0 Å². The Hall–Kier alpha value is -4.08. The highest BCUT2D eigenvalue weighted by Gasteiger charge is 2.45. The Morgan fingerprint density at radius 2 is 1.52 bits per heavy atom. The molecule has 14 heteroatoms. The molecule has 3 aromatic carbocycles. The van der Waals surface area contributed by atoms with Gasteiger partial charge < -0.3 is 20.1 Å². The molecule has 0 unspecified atom stereocenters. The molecule has 1 aromatic heterocycles. The van der Waals surface area contributed by atoms with Crippen LogP contribution in [0.2, 0.25) is 0 Å². The van der Waals surface area contributed by atoms with Gasteiger partial charge in [-0.15, -0.1) is 13.2 Å². The molecular formula is C30H23F7IN3O3. The molecule has 0 saturated heterocycles. The van der Waals surface area contributed by atoms with E-state index in [2.05, 4.69) is 47.7 Å². The van der Waals surface area contributed by atoms with Crippen LogP contribution in [0.5, 0.6) is 11.5 Å². The molecule has 2 N–H and O–H groups in total. The number of alkyl halides is 8. The molecule has 4 rings (SSSR count). The average Bonchev–Trinajstić information content (AvgIpc) is 2.97. The monoisotopic (exact) mass is 733 g/mol. The van der Waals surface area contributed by atoms with E-state index in [1.54, 1.807) is 48.7 Å². The Bertz CT molecular complexity index is 1540.